The molecule has 2 heterocycles. The van der Waals surface area contributed by atoms with Crippen LogP contribution in [-0.2, 0) is 9.47 Å². The number of ether oxygens (including phenoxy) is 3. The fourth-order valence-electron chi connectivity index (χ4n) is 1.62. The second-order valence-electron chi connectivity index (χ2n) is 3.79. The van der Waals surface area contributed by atoms with E-state index in [0.29, 0.717) is 31.1 Å². The molecular weight excluding hydrogens is 220 g/mol. The summed E-state index contributed by atoms with van der Waals surface area (Å²) in [7, 11) is 0. The summed E-state index contributed by atoms with van der Waals surface area (Å²) in [6.07, 6.45) is 2.83. The average molecular weight is 234 g/mol. The van der Waals surface area contributed by atoms with Gasteiger partial charge >= 0.3 is 0 Å². The molecule has 1 aliphatic heterocycles. The second kappa shape index (κ2) is 5.62. The van der Waals surface area contributed by atoms with Gasteiger partial charge in [0.15, 0.2) is 5.75 Å². The molecule has 1 aliphatic rings. The molecular formula is C12H14N2O3. The van der Waals surface area contributed by atoms with Crippen molar-refractivity contribution in [3.63, 3.8) is 0 Å². The molecule has 1 fully saturated rings. The highest BCUT2D eigenvalue weighted by atomic mass is 16.6. The fourth-order valence-corrected chi connectivity index (χ4v) is 1.62. The Morgan fingerprint density at radius 3 is 3.18 bits per heavy atom. The van der Waals surface area contributed by atoms with Crippen molar-refractivity contribution < 1.29 is 14.2 Å². The SMILES string of the molecule is C[C@@H](Oc1cnccc1C#N)C1COCCO1. The Morgan fingerprint density at radius 1 is 1.59 bits per heavy atom. The van der Waals surface area contributed by atoms with Crippen molar-refractivity contribution in [1.29, 1.82) is 5.26 Å². The van der Waals surface area contributed by atoms with Crippen LogP contribution in [0.4, 0.5) is 0 Å². The highest BCUT2D eigenvalue weighted by molar-refractivity contribution is 5.40. The molecule has 0 aliphatic carbocycles. The van der Waals surface area contributed by atoms with E-state index in [4.69, 9.17) is 19.5 Å². The van der Waals surface area contributed by atoms with Crippen LogP contribution in [0.1, 0.15) is 12.5 Å². The Kier molecular flexibility index (Phi) is 3.91. The van der Waals surface area contributed by atoms with Crippen molar-refractivity contribution in [2.45, 2.75) is 19.1 Å². The number of hydrogen-bond donors (Lipinski definition) is 0. The summed E-state index contributed by atoms with van der Waals surface area (Å²) in [5.41, 5.74) is 0.476. The van der Waals surface area contributed by atoms with Gasteiger partial charge in [0.25, 0.3) is 0 Å². The van der Waals surface area contributed by atoms with E-state index in [0.717, 1.165) is 0 Å². The molecule has 0 saturated carbocycles. The molecule has 5 nitrogen and oxygen atoms in total. The van der Waals surface area contributed by atoms with E-state index in [1.807, 2.05) is 6.92 Å². The summed E-state index contributed by atoms with van der Waals surface area (Å²) in [6, 6.07) is 3.69. The Labute approximate surface area is 99.9 Å². The standard InChI is InChI=1S/C12H14N2O3/c1-9(12-8-15-4-5-16-12)17-11-7-14-3-2-10(11)6-13/h2-3,7,9,12H,4-5,8H2,1H3/t9-,12?/m1/s1. The van der Waals surface area contributed by atoms with Crippen molar-refractivity contribution in [2.24, 2.45) is 0 Å². The van der Waals surface area contributed by atoms with Gasteiger partial charge in [0.2, 0.25) is 0 Å². The van der Waals surface area contributed by atoms with E-state index in [1.54, 1.807) is 18.5 Å². The zero-order valence-corrected chi connectivity index (χ0v) is 9.63. The van der Waals surface area contributed by atoms with Gasteiger partial charge in [-0.25, -0.2) is 0 Å². The Bertz CT molecular complexity index is 410. The third kappa shape index (κ3) is 2.93. The summed E-state index contributed by atoms with van der Waals surface area (Å²) in [5, 5.41) is 8.93. The molecule has 2 atom stereocenters. The van der Waals surface area contributed by atoms with Crippen LogP contribution >= 0.6 is 0 Å². The van der Waals surface area contributed by atoms with E-state index < -0.39 is 0 Å². The van der Waals surface area contributed by atoms with Gasteiger partial charge in [-0.05, 0) is 13.0 Å². The highest BCUT2D eigenvalue weighted by Crippen LogP contribution is 2.19. The first-order valence-electron chi connectivity index (χ1n) is 5.51. The molecule has 1 aromatic heterocycles. The second-order valence-corrected chi connectivity index (χ2v) is 3.79. The van der Waals surface area contributed by atoms with Gasteiger partial charge in [0, 0.05) is 6.20 Å². The number of rotatable bonds is 3. The predicted octanol–water partition coefficient (Wildman–Crippen LogP) is 1.14. The van der Waals surface area contributed by atoms with Crippen LogP contribution in [0.3, 0.4) is 0 Å². The predicted molar refractivity (Wildman–Crippen MR) is 59.6 cm³/mol. The first-order valence-corrected chi connectivity index (χ1v) is 5.51. The van der Waals surface area contributed by atoms with Crippen molar-refractivity contribution >= 4 is 0 Å². The summed E-state index contributed by atoms with van der Waals surface area (Å²) < 4.78 is 16.5. The Balaban J connectivity index is 2.02. The molecule has 0 bridgehead atoms. The lowest BCUT2D eigenvalue weighted by atomic mass is 10.2. The number of pyridine rings is 1. The molecule has 90 valence electrons. The number of nitriles is 1. The van der Waals surface area contributed by atoms with Crippen molar-refractivity contribution in [3.8, 4) is 11.8 Å². The lowest BCUT2D eigenvalue weighted by Gasteiger charge is -2.28. The molecule has 1 unspecified atom stereocenters. The van der Waals surface area contributed by atoms with Crippen molar-refractivity contribution in [3.05, 3.63) is 24.0 Å². The minimum absolute atomic E-state index is 0.101. The highest BCUT2D eigenvalue weighted by Gasteiger charge is 2.23. The number of nitrogens with zero attached hydrogens (tertiary/aromatic N) is 2. The number of aromatic nitrogens is 1. The van der Waals surface area contributed by atoms with Gasteiger partial charge in [-0.1, -0.05) is 0 Å². The molecule has 0 spiro atoms. The van der Waals surface area contributed by atoms with E-state index in [-0.39, 0.29) is 12.2 Å². The minimum atomic E-state index is -0.174. The van der Waals surface area contributed by atoms with E-state index in [1.165, 1.54) is 0 Å². The normalized spacial score (nSPS) is 21.5. The van der Waals surface area contributed by atoms with Gasteiger partial charge in [0.1, 0.15) is 18.3 Å². The van der Waals surface area contributed by atoms with Gasteiger partial charge in [0.05, 0.1) is 31.6 Å². The quantitative estimate of drug-likeness (QED) is 0.784. The van der Waals surface area contributed by atoms with Crippen LogP contribution in [0.25, 0.3) is 0 Å². The largest absolute Gasteiger partial charge is 0.485 e. The fraction of sp³-hybridized carbons (Fsp3) is 0.500. The van der Waals surface area contributed by atoms with Crippen molar-refractivity contribution in [1.82, 2.24) is 4.98 Å². The van der Waals surface area contributed by atoms with Crippen LogP contribution in [0, 0.1) is 11.3 Å². The third-order valence-corrected chi connectivity index (χ3v) is 2.58. The molecule has 2 rings (SSSR count). The molecule has 0 N–H and O–H groups in total. The summed E-state index contributed by atoms with van der Waals surface area (Å²) in [6.45, 7) is 3.62. The molecule has 0 amide bonds. The zero-order chi connectivity index (χ0) is 12.1. The summed E-state index contributed by atoms with van der Waals surface area (Å²) in [4.78, 5) is 3.94. The minimum Gasteiger partial charge on any atom is -0.485 e. The first kappa shape index (κ1) is 11.8. The first-order chi connectivity index (χ1) is 8.31. The maximum Gasteiger partial charge on any atom is 0.155 e. The van der Waals surface area contributed by atoms with Gasteiger partial charge in [-0.3, -0.25) is 4.98 Å². The topological polar surface area (TPSA) is 64.4 Å². The third-order valence-electron chi connectivity index (χ3n) is 2.58. The maximum absolute atomic E-state index is 8.93. The van der Waals surface area contributed by atoms with Gasteiger partial charge in [-0.2, -0.15) is 5.26 Å². The summed E-state index contributed by atoms with van der Waals surface area (Å²) in [5.74, 6) is 0.483. The van der Waals surface area contributed by atoms with Crippen LogP contribution in [0.5, 0.6) is 5.75 Å². The maximum atomic E-state index is 8.93. The van der Waals surface area contributed by atoms with Gasteiger partial charge in [-0.15, -0.1) is 0 Å². The monoisotopic (exact) mass is 234 g/mol. The van der Waals surface area contributed by atoms with Crippen LogP contribution in [0.2, 0.25) is 0 Å². The molecule has 0 radical (unpaired) electrons. The van der Waals surface area contributed by atoms with E-state index in [9.17, 15) is 0 Å². The Morgan fingerprint density at radius 2 is 2.47 bits per heavy atom. The van der Waals surface area contributed by atoms with E-state index >= 15 is 0 Å². The zero-order valence-electron chi connectivity index (χ0n) is 9.63. The molecule has 5 heteroatoms. The smallest absolute Gasteiger partial charge is 0.155 e. The molecule has 1 aromatic rings. The van der Waals surface area contributed by atoms with Crippen molar-refractivity contribution in [2.75, 3.05) is 19.8 Å². The summed E-state index contributed by atoms with van der Waals surface area (Å²) >= 11 is 0. The average Bonchev–Trinajstić information content (AvgIpc) is 2.40. The van der Waals surface area contributed by atoms with Crippen LogP contribution in [0.15, 0.2) is 18.5 Å². The van der Waals surface area contributed by atoms with E-state index in [2.05, 4.69) is 11.1 Å². The van der Waals surface area contributed by atoms with Crippen LogP contribution in [-0.4, -0.2) is 37.0 Å². The number of hydrogen-bond acceptors (Lipinski definition) is 5. The lowest BCUT2D eigenvalue weighted by Crippen LogP contribution is -2.40. The molecule has 0 aromatic carbocycles. The van der Waals surface area contributed by atoms with Gasteiger partial charge < -0.3 is 14.2 Å². The molecule has 1 saturated heterocycles. The molecule has 17 heavy (non-hydrogen) atoms. The lowest BCUT2D eigenvalue weighted by molar-refractivity contribution is -0.122. The Hall–Kier alpha value is -1.64. The van der Waals surface area contributed by atoms with Crippen LogP contribution < -0.4 is 4.74 Å².